The topological polar surface area (TPSA) is 56.6 Å². The number of hydrogen-bond donors (Lipinski definition) is 0. The van der Waals surface area contributed by atoms with Crippen LogP contribution in [0.4, 0.5) is 5.69 Å². The Morgan fingerprint density at radius 2 is 2.26 bits per heavy atom. The van der Waals surface area contributed by atoms with E-state index in [0.717, 1.165) is 18.0 Å². The fraction of sp³-hybridized carbons (Fsp3) is 0.429. The number of rotatable bonds is 3. The number of anilines is 1. The maximum Gasteiger partial charge on any atom is 0.246 e. The van der Waals surface area contributed by atoms with E-state index in [1.807, 2.05) is 29.2 Å². The highest BCUT2D eigenvalue weighted by molar-refractivity contribution is 5.86. The van der Waals surface area contributed by atoms with Crippen LogP contribution in [-0.2, 0) is 4.79 Å². The van der Waals surface area contributed by atoms with E-state index >= 15 is 0 Å². The summed E-state index contributed by atoms with van der Waals surface area (Å²) in [7, 11) is 3.39. The summed E-state index contributed by atoms with van der Waals surface area (Å²) in [5.41, 5.74) is 0.918. The number of piperazine rings is 1. The first-order valence-corrected chi connectivity index (χ1v) is 6.20. The van der Waals surface area contributed by atoms with Gasteiger partial charge in [-0.2, -0.15) is 5.26 Å². The highest BCUT2D eigenvalue weighted by Gasteiger charge is 2.33. The average Bonchev–Trinajstić information content (AvgIpc) is 2.44. The summed E-state index contributed by atoms with van der Waals surface area (Å²) in [6, 6.07) is 9.27. The lowest BCUT2D eigenvalue weighted by Gasteiger charge is -2.39. The molecule has 1 heterocycles. The minimum Gasteiger partial charge on any atom is -0.497 e. The fourth-order valence-corrected chi connectivity index (χ4v) is 2.29. The molecular formula is C14H17N3O2. The molecule has 1 aliphatic rings. The molecule has 0 saturated carbocycles. The van der Waals surface area contributed by atoms with Crippen molar-refractivity contribution in [2.24, 2.45) is 0 Å². The first-order chi connectivity index (χ1) is 9.17. The van der Waals surface area contributed by atoms with E-state index in [0.29, 0.717) is 6.54 Å². The molecule has 0 aromatic heterocycles. The Kier molecular flexibility index (Phi) is 3.91. The molecule has 5 nitrogen and oxygen atoms in total. The summed E-state index contributed by atoms with van der Waals surface area (Å²) in [6.07, 6.45) is 0.195. The number of carbonyl (C=O) groups excluding carboxylic acids is 1. The molecule has 1 saturated heterocycles. The second-order valence-electron chi connectivity index (χ2n) is 4.53. The van der Waals surface area contributed by atoms with Gasteiger partial charge >= 0.3 is 0 Å². The van der Waals surface area contributed by atoms with Gasteiger partial charge in [0.15, 0.2) is 0 Å². The SMILES string of the molecule is COc1cccc(N2CCN(C)C(=O)C2CC#N)c1. The number of carbonyl (C=O) groups is 1. The zero-order valence-corrected chi connectivity index (χ0v) is 11.2. The predicted octanol–water partition coefficient (Wildman–Crippen LogP) is 1.26. The third kappa shape index (κ3) is 2.63. The number of benzene rings is 1. The van der Waals surface area contributed by atoms with E-state index in [1.165, 1.54) is 0 Å². The standard InChI is InChI=1S/C14H17N3O2/c1-16-8-9-17(13(6-7-15)14(16)18)11-4-3-5-12(10-11)19-2/h3-5,10,13H,6,8-9H2,1-2H3. The average molecular weight is 259 g/mol. The molecule has 1 aromatic rings. The Balaban J connectivity index is 2.30. The van der Waals surface area contributed by atoms with Crippen molar-refractivity contribution >= 4 is 11.6 Å². The van der Waals surface area contributed by atoms with Gasteiger partial charge in [-0.25, -0.2) is 0 Å². The van der Waals surface area contributed by atoms with E-state index in [2.05, 4.69) is 6.07 Å². The Hall–Kier alpha value is -2.22. The number of hydrogen-bond acceptors (Lipinski definition) is 4. The van der Waals surface area contributed by atoms with Crippen molar-refractivity contribution in [2.45, 2.75) is 12.5 Å². The van der Waals surface area contributed by atoms with Crippen LogP contribution >= 0.6 is 0 Å². The first kappa shape index (κ1) is 13.2. The quantitative estimate of drug-likeness (QED) is 0.820. The molecule has 0 aliphatic carbocycles. The zero-order valence-electron chi connectivity index (χ0n) is 11.2. The van der Waals surface area contributed by atoms with E-state index in [1.54, 1.807) is 19.1 Å². The van der Waals surface area contributed by atoms with Crippen LogP contribution < -0.4 is 9.64 Å². The highest BCUT2D eigenvalue weighted by atomic mass is 16.5. The van der Waals surface area contributed by atoms with Gasteiger partial charge in [0.05, 0.1) is 19.6 Å². The van der Waals surface area contributed by atoms with Crippen molar-refractivity contribution in [3.8, 4) is 11.8 Å². The van der Waals surface area contributed by atoms with E-state index in [-0.39, 0.29) is 12.3 Å². The van der Waals surface area contributed by atoms with Gasteiger partial charge in [0.25, 0.3) is 0 Å². The Morgan fingerprint density at radius 1 is 1.47 bits per heavy atom. The number of nitriles is 1. The summed E-state index contributed by atoms with van der Waals surface area (Å²) < 4.78 is 5.20. The van der Waals surface area contributed by atoms with Crippen molar-refractivity contribution in [1.82, 2.24) is 4.90 Å². The normalized spacial score (nSPS) is 19.2. The molecule has 5 heteroatoms. The van der Waals surface area contributed by atoms with Crippen LogP contribution in [0.3, 0.4) is 0 Å². The molecule has 1 amide bonds. The van der Waals surface area contributed by atoms with Crippen LogP contribution in [0.15, 0.2) is 24.3 Å². The summed E-state index contributed by atoms with van der Waals surface area (Å²) >= 11 is 0. The zero-order chi connectivity index (χ0) is 13.8. The van der Waals surface area contributed by atoms with Crippen molar-refractivity contribution in [3.63, 3.8) is 0 Å². The van der Waals surface area contributed by atoms with E-state index in [9.17, 15) is 4.79 Å². The van der Waals surface area contributed by atoms with E-state index in [4.69, 9.17) is 10.00 Å². The number of likely N-dealkylation sites (N-methyl/N-ethyl adjacent to an activating group) is 1. The van der Waals surface area contributed by atoms with Crippen molar-refractivity contribution in [1.29, 1.82) is 5.26 Å². The summed E-state index contributed by atoms with van der Waals surface area (Å²) in [5, 5.41) is 8.92. The van der Waals surface area contributed by atoms with Gasteiger partial charge in [-0.1, -0.05) is 6.07 Å². The van der Waals surface area contributed by atoms with Crippen molar-refractivity contribution < 1.29 is 9.53 Å². The fourth-order valence-electron chi connectivity index (χ4n) is 2.29. The molecule has 1 atom stereocenters. The number of ether oxygens (including phenoxy) is 1. The van der Waals surface area contributed by atoms with Gasteiger partial charge in [-0.05, 0) is 12.1 Å². The molecule has 19 heavy (non-hydrogen) atoms. The minimum absolute atomic E-state index is 0.00406. The van der Waals surface area contributed by atoms with Gasteiger partial charge in [0.1, 0.15) is 11.8 Å². The third-order valence-corrected chi connectivity index (χ3v) is 3.38. The molecule has 0 spiro atoms. The van der Waals surface area contributed by atoms with Crippen LogP contribution in [0.2, 0.25) is 0 Å². The second kappa shape index (κ2) is 5.61. The molecule has 1 aliphatic heterocycles. The number of methoxy groups -OCH3 is 1. The third-order valence-electron chi connectivity index (χ3n) is 3.38. The molecule has 0 radical (unpaired) electrons. The van der Waals surface area contributed by atoms with Gasteiger partial charge in [-0.3, -0.25) is 4.79 Å². The summed E-state index contributed by atoms with van der Waals surface area (Å²) in [6.45, 7) is 1.39. The molecule has 100 valence electrons. The van der Waals surface area contributed by atoms with Gasteiger partial charge in [-0.15, -0.1) is 0 Å². The largest absolute Gasteiger partial charge is 0.497 e. The van der Waals surface area contributed by atoms with E-state index < -0.39 is 6.04 Å². The van der Waals surface area contributed by atoms with Gasteiger partial charge in [0.2, 0.25) is 5.91 Å². The van der Waals surface area contributed by atoms with Crippen LogP contribution in [-0.4, -0.2) is 44.1 Å². The minimum atomic E-state index is -0.407. The lowest BCUT2D eigenvalue weighted by Crippen LogP contribution is -2.55. The summed E-state index contributed by atoms with van der Waals surface area (Å²) in [4.78, 5) is 15.8. The van der Waals surface area contributed by atoms with Crippen molar-refractivity contribution in [3.05, 3.63) is 24.3 Å². The highest BCUT2D eigenvalue weighted by Crippen LogP contribution is 2.26. The summed E-state index contributed by atoms with van der Waals surface area (Å²) in [5.74, 6) is 0.746. The maximum atomic E-state index is 12.2. The molecule has 1 unspecified atom stereocenters. The smallest absolute Gasteiger partial charge is 0.246 e. The lowest BCUT2D eigenvalue weighted by molar-refractivity contribution is -0.132. The number of amides is 1. The Bertz CT molecular complexity index is 510. The van der Waals surface area contributed by atoms with Gasteiger partial charge < -0.3 is 14.5 Å². The Labute approximate surface area is 113 Å². The maximum absolute atomic E-state index is 12.2. The Morgan fingerprint density at radius 3 is 2.95 bits per heavy atom. The first-order valence-electron chi connectivity index (χ1n) is 6.20. The molecule has 0 bridgehead atoms. The lowest BCUT2D eigenvalue weighted by atomic mass is 10.1. The molecule has 2 rings (SSSR count). The van der Waals surface area contributed by atoms with Crippen LogP contribution in [0.5, 0.6) is 5.75 Å². The molecular weight excluding hydrogens is 242 g/mol. The molecule has 0 N–H and O–H groups in total. The molecule has 1 aromatic carbocycles. The second-order valence-corrected chi connectivity index (χ2v) is 4.53. The van der Waals surface area contributed by atoms with Crippen LogP contribution in [0.25, 0.3) is 0 Å². The van der Waals surface area contributed by atoms with Gasteiger partial charge in [0, 0.05) is 31.9 Å². The predicted molar refractivity (Wildman–Crippen MR) is 72.0 cm³/mol. The van der Waals surface area contributed by atoms with Crippen LogP contribution in [0.1, 0.15) is 6.42 Å². The van der Waals surface area contributed by atoms with Crippen molar-refractivity contribution in [2.75, 3.05) is 32.1 Å². The number of nitrogens with zero attached hydrogens (tertiary/aromatic N) is 3. The monoisotopic (exact) mass is 259 g/mol. The molecule has 1 fully saturated rings. The van der Waals surface area contributed by atoms with Crippen LogP contribution in [0, 0.1) is 11.3 Å².